The van der Waals surface area contributed by atoms with Gasteiger partial charge in [-0.05, 0) is 6.92 Å². The molecular weight excluding hydrogens is 178 g/mol. The topological polar surface area (TPSA) is 38.5 Å². The number of ether oxygens (including phenoxy) is 1. The summed E-state index contributed by atoms with van der Waals surface area (Å²) in [4.78, 5) is 1.70. The second-order valence-corrected chi connectivity index (χ2v) is 3.41. The summed E-state index contributed by atoms with van der Waals surface area (Å²) in [5.41, 5.74) is 5.42. The van der Waals surface area contributed by atoms with E-state index in [1.165, 1.54) is 0 Å². The molecule has 0 aromatic rings. The predicted molar refractivity (Wildman–Crippen MR) is 45.8 cm³/mol. The Balaban J connectivity index is 2.37. The summed E-state index contributed by atoms with van der Waals surface area (Å²) >= 11 is 0. The third-order valence-electron chi connectivity index (χ3n) is 2.06. The first-order valence-electron chi connectivity index (χ1n) is 4.48. The number of nitrogens with two attached hydrogens (primary N) is 1. The van der Waals surface area contributed by atoms with Gasteiger partial charge in [-0.2, -0.15) is 0 Å². The van der Waals surface area contributed by atoms with Crippen molar-refractivity contribution in [2.75, 3.05) is 26.2 Å². The Morgan fingerprint density at radius 3 is 2.77 bits per heavy atom. The van der Waals surface area contributed by atoms with Gasteiger partial charge < -0.3 is 10.5 Å². The molecule has 1 aliphatic heterocycles. The normalized spacial score (nSPS) is 31.2. The minimum Gasteiger partial charge on any atom is -0.371 e. The summed E-state index contributed by atoms with van der Waals surface area (Å²) in [6.07, 6.45) is -2.37. The molecule has 0 bridgehead atoms. The van der Waals surface area contributed by atoms with Crippen LogP contribution in [-0.2, 0) is 4.74 Å². The van der Waals surface area contributed by atoms with Gasteiger partial charge in [0.1, 0.15) is 0 Å². The molecule has 1 heterocycles. The van der Waals surface area contributed by atoms with Crippen LogP contribution in [0, 0.1) is 0 Å². The molecule has 0 aromatic carbocycles. The van der Waals surface area contributed by atoms with Crippen LogP contribution in [-0.4, -0.2) is 49.7 Å². The maximum atomic E-state index is 12.1. The molecule has 0 saturated carbocycles. The zero-order chi connectivity index (χ0) is 9.84. The van der Waals surface area contributed by atoms with Crippen molar-refractivity contribution in [1.82, 2.24) is 4.90 Å². The lowest BCUT2D eigenvalue weighted by Gasteiger charge is -2.36. The summed E-state index contributed by atoms with van der Waals surface area (Å²) in [6, 6.07) is 0. The first-order chi connectivity index (χ1) is 6.11. The molecule has 2 N–H and O–H groups in total. The van der Waals surface area contributed by atoms with E-state index in [0.29, 0.717) is 19.6 Å². The third kappa shape index (κ3) is 3.54. The number of alkyl halides is 2. The van der Waals surface area contributed by atoms with Crippen molar-refractivity contribution in [2.45, 2.75) is 25.6 Å². The Labute approximate surface area is 76.8 Å². The third-order valence-corrected chi connectivity index (χ3v) is 2.06. The van der Waals surface area contributed by atoms with Gasteiger partial charge in [0.15, 0.2) is 0 Å². The smallest absolute Gasteiger partial charge is 0.251 e. The molecule has 1 saturated heterocycles. The number of halogens is 2. The standard InChI is InChI=1S/C8H16F2N2O/c1-6-3-12(5-8(9)10)4-7(2-11)13-6/h6-8H,2-5,11H2,1H3. The van der Waals surface area contributed by atoms with Crippen LogP contribution in [0.4, 0.5) is 8.78 Å². The van der Waals surface area contributed by atoms with E-state index in [-0.39, 0.29) is 18.8 Å². The molecule has 13 heavy (non-hydrogen) atoms. The molecule has 1 rings (SSSR count). The molecular formula is C8H16F2N2O. The molecule has 0 spiro atoms. The van der Waals surface area contributed by atoms with Crippen LogP contribution < -0.4 is 5.73 Å². The molecule has 1 aliphatic rings. The van der Waals surface area contributed by atoms with Crippen molar-refractivity contribution in [2.24, 2.45) is 5.73 Å². The van der Waals surface area contributed by atoms with E-state index in [0.717, 1.165) is 0 Å². The van der Waals surface area contributed by atoms with Crippen LogP contribution in [0.3, 0.4) is 0 Å². The van der Waals surface area contributed by atoms with Crippen LogP contribution in [0.25, 0.3) is 0 Å². The summed E-state index contributed by atoms with van der Waals surface area (Å²) < 4.78 is 29.6. The fourth-order valence-corrected chi connectivity index (χ4v) is 1.62. The molecule has 78 valence electrons. The van der Waals surface area contributed by atoms with E-state index >= 15 is 0 Å². The zero-order valence-electron chi connectivity index (χ0n) is 7.75. The Morgan fingerprint density at radius 1 is 1.54 bits per heavy atom. The Morgan fingerprint density at radius 2 is 2.23 bits per heavy atom. The van der Waals surface area contributed by atoms with Crippen LogP contribution >= 0.6 is 0 Å². The van der Waals surface area contributed by atoms with E-state index in [4.69, 9.17) is 10.5 Å². The zero-order valence-corrected chi connectivity index (χ0v) is 7.75. The van der Waals surface area contributed by atoms with Crippen LogP contribution in [0.5, 0.6) is 0 Å². The summed E-state index contributed by atoms with van der Waals surface area (Å²) in [7, 11) is 0. The molecule has 0 aromatic heterocycles. The highest BCUT2D eigenvalue weighted by Crippen LogP contribution is 2.11. The molecule has 0 amide bonds. The first kappa shape index (κ1) is 10.8. The molecule has 0 radical (unpaired) electrons. The van der Waals surface area contributed by atoms with Crippen LogP contribution in [0.2, 0.25) is 0 Å². The Hall–Kier alpha value is -0.260. The molecule has 1 fully saturated rings. The SMILES string of the molecule is CC1CN(CC(F)F)CC(CN)O1. The second kappa shape index (κ2) is 4.83. The van der Waals surface area contributed by atoms with Gasteiger partial charge in [-0.25, -0.2) is 8.78 Å². The Bertz CT molecular complexity index is 155. The van der Waals surface area contributed by atoms with E-state index in [9.17, 15) is 8.78 Å². The maximum absolute atomic E-state index is 12.1. The monoisotopic (exact) mass is 194 g/mol. The highest BCUT2D eigenvalue weighted by molar-refractivity contribution is 4.76. The number of hydrogen-bond acceptors (Lipinski definition) is 3. The number of rotatable bonds is 3. The second-order valence-electron chi connectivity index (χ2n) is 3.41. The Kier molecular flexibility index (Phi) is 4.02. The molecule has 0 aliphatic carbocycles. The fourth-order valence-electron chi connectivity index (χ4n) is 1.62. The minimum atomic E-state index is -2.27. The summed E-state index contributed by atoms with van der Waals surface area (Å²) in [5.74, 6) is 0. The molecule has 5 heteroatoms. The van der Waals surface area contributed by atoms with Crippen molar-refractivity contribution in [3.05, 3.63) is 0 Å². The van der Waals surface area contributed by atoms with E-state index in [2.05, 4.69) is 0 Å². The van der Waals surface area contributed by atoms with Crippen molar-refractivity contribution >= 4 is 0 Å². The average Bonchev–Trinajstić information content (AvgIpc) is 2.01. The predicted octanol–water partition coefficient (Wildman–Crippen LogP) is 0.299. The highest BCUT2D eigenvalue weighted by atomic mass is 19.3. The van der Waals surface area contributed by atoms with Crippen molar-refractivity contribution in [1.29, 1.82) is 0 Å². The van der Waals surface area contributed by atoms with Crippen molar-refractivity contribution in [3.8, 4) is 0 Å². The summed E-state index contributed by atoms with van der Waals surface area (Å²) in [5, 5.41) is 0. The van der Waals surface area contributed by atoms with Gasteiger partial charge in [0.25, 0.3) is 6.43 Å². The van der Waals surface area contributed by atoms with E-state index < -0.39 is 6.43 Å². The van der Waals surface area contributed by atoms with Gasteiger partial charge in [0.2, 0.25) is 0 Å². The number of morpholine rings is 1. The lowest BCUT2D eigenvalue weighted by molar-refractivity contribution is -0.0828. The van der Waals surface area contributed by atoms with Crippen molar-refractivity contribution in [3.63, 3.8) is 0 Å². The van der Waals surface area contributed by atoms with Gasteiger partial charge in [0, 0.05) is 19.6 Å². The van der Waals surface area contributed by atoms with Gasteiger partial charge >= 0.3 is 0 Å². The maximum Gasteiger partial charge on any atom is 0.251 e. The van der Waals surface area contributed by atoms with Crippen molar-refractivity contribution < 1.29 is 13.5 Å². The molecule has 3 nitrogen and oxygen atoms in total. The van der Waals surface area contributed by atoms with E-state index in [1.807, 2.05) is 6.92 Å². The fraction of sp³-hybridized carbons (Fsp3) is 1.00. The van der Waals surface area contributed by atoms with Gasteiger partial charge in [0.05, 0.1) is 18.8 Å². The summed E-state index contributed by atoms with van der Waals surface area (Å²) in [6.45, 7) is 3.18. The largest absolute Gasteiger partial charge is 0.371 e. The van der Waals surface area contributed by atoms with E-state index in [1.54, 1.807) is 4.90 Å². The quantitative estimate of drug-likeness (QED) is 0.702. The highest BCUT2D eigenvalue weighted by Gasteiger charge is 2.25. The average molecular weight is 194 g/mol. The molecule has 2 atom stereocenters. The lowest BCUT2D eigenvalue weighted by atomic mass is 10.2. The van der Waals surface area contributed by atoms with Gasteiger partial charge in [-0.15, -0.1) is 0 Å². The number of hydrogen-bond donors (Lipinski definition) is 1. The van der Waals surface area contributed by atoms with Gasteiger partial charge in [-0.3, -0.25) is 4.90 Å². The van der Waals surface area contributed by atoms with Gasteiger partial charge in [-0.1, -0.05) is 0 Å². The lowest BCUT2D eigenvalue weighted by Crippen LogP contribution is -2.50. The minimum absolute atomic E-state index is 0.000972. The first-order valence-corrected chi connectivity index (χ1v) is 4.48. The van der Waals surface area contributed by atoms with Crippen LogP contribution in [0.15, 0.2) is 0 Å². The number of nitrogens with zero attached hydrogens (tertiary/aromatic N) is 1. The molecule has 2 unspecified atom stereocenters. The van der Waals surface area contributed by atoms with Crippen LogP contribution in [0.1, 0.15) is 6.92 Å².